The number of hydrogen-bond acceptors (Lipinski definition) is 3. The van der Waals surface area contributed by atoms with Crippen LogP contribution in [0.25, 0.3) is 0 Å². The van der Waals surface area contributed by atoms with Gasteiger partial charge in [-0.15, -0.1) is 0 Å². The first-order valence-electron chi connectivity index (χ1n) is 7.92. The van der Waals surface area contributed by atoms with Crippen LogP contribution in [0.1, 0.15) is 52.0 Å². The highest BCUT2D eigenvalue weighted by Crippen LogP contribution is 2.36. The van der Waals surface area contributed by atoms with Crippen molar-refractivity contribution in [3.8, 4) is 0 Å². The van der Waals surface area contributed by atoms with E-state index in [1.807, 2.05) is 0 Å². The molecule has 3 nitrogen and oxygen atoms in total. The van der Waals surface area contributed by atoms with Gasteiger partial charge in [0.2, 0.25) is 0 Å². The largest absolute Gasteiger partial charge is 0.494 e. The Morgan fingerprint density at radius 1 is 1.00 bits per heavy atom. The Bertz CT molecular complexity index is 491. The van der Waals surface area contributed by atoms with Crippen molar-refractivity contribution >= 4 is 12.6 Å². The minimum absolute atomic E-state index is 0.269. The Balaban J connectivity index is 1.81. The molecule has 0 unspecified atom stereocenters. The van der Waals surface area contributed by atoms with Gasteiger partial charge in [-0.2, -0.15) is 0 Å². The monoisotopic (exact) mass is 288 g/mol. The zero-order valence-electron chi connectivity index (χ0n) is 13.5. The van der Waals surface area contributed by atoms with Crippen molar-refractivity contribution in [2.75, 3.05) is 13.2 Å². The van der Waals surface area contributed by atoms with Crippen LogP contribution in [-0.2, 0) is 14.0 Å². The van der Waals surface area contributed by atoms with Crippen LogP contribution in [0, 0.1) is 0 Å². The fourth-order valence-electron chi connectivity index (χ4n) is 2.97. The minimum Gasteiger partial charge on any atom is -0.399 e. The lowest BCUT2D eigenvalue weighted by atomic mass is 9.77. The Labute approximate surface area is 128 Å². The summed E-state index contributed by atoms with van der Waals surface area (Å²) < 4.78 is 17.7. The summed E-state index contributed by atoms with van der Waals surface area (Å²) in [6.45, 7) is 10.1. The van der Waals surface area contributed by atoms with Crippen LogP contribution < -0.4 is 5.46 Å². The van der Waals surface area contributed by atoms with Gasteiger partial charge in [-0.05, 0) is 57.5 Å². The molecule has 21 heavy (non-hydrogen) atoms. The van der Waals surface area contributed by atoms with Gasteiger partial charge in [0.15, 0.2) is 0 Å². The molecule has 0 saturated carbocycles. The molecule has 3 rings (SSSR count). The van der Waals surface area contributed by atoms with E-state index in [1.165, 1.54) is 5.56 Å². The van der Waals surface area contributed by atoms with Gasteiger partial charge in [0.25, 0.3) is 0 Å². The van der Waals surface area contributed by atoms with Crippen LogP contribution in [0.3, 0.4) is 0 Å². The van der Waals surface area contributed by atoms with E-state index >= 15 is 0 Å². The SMILES string of the molecule is CC1(C)OB(c2cccc(C3CCOCC3)c2)OC1(C)C. The van der Waals surface area contributed by atoms with E-state index in [9.17, 15) is 0 Å². The van der Waals surface area contributed by atoms with E-state index in [2.05, 4.69) is 52.0 Å². The summed E-state index contributed by atoms with van der Waals surface area (Å²) in [4.78, 5) is 0. The van der Waals surface area contributed by atoms with E-state index in [-0.39, 0.29) is 18.3 Å². The predicted octanol–water partition coefficient (Wildman–Crippen LogP) is 2.88. The number of benzene rings is 1. The lowest BCUT2D eigenvalue weighted by Crippen LogP contribution is -2.41. The highest BCUT2D eigenvalue weighted by molar-refractivity contribution is 6.62. The van der Waals surface area contributed by atoms with Crippen LogP contribution in [0.5, 0.6) is 0 Å². The summed E-state index contributed by atoms with van der Waals surface area (Å²) in [7, 11) is -0.269. The molecular weight excluding hydrogens is 263 g/mol. The fraction of sp³-hybridized carbons (Fsp3) is 0.647. The zero-order valence-corrected chi connectivity index (χ0v) is 13.5. The van der Waals surface area contributed by atoms with Crippen molar-refractivity contribution in [3.05, 3.63) is 29.8 Å². The van der Waals surface area contributed by atoms with Crippen molar-refractivity contribution in [2.45, 2.75) is 57.7 Å². The van der Waals surface area contributed by atoms with Crippen LogP contribution in [0.4, 0.5) is 0 Å². The van der Waals surface area contributed by atoms with E-state index in [1.54, 1.807) is 0 Å². The maximum Gasteiger partial charge on any atom is 0.494 e. The molecule has 1 aromatic rings. The van der Waals surface area contributed by atoms with Crippen molar-refractivity contribution in [1.29, 1.82) is 0 Å². The van der Waals surface area contributed by atoms with Gasteiger partial charge < -0.3 is 14.0 Å². The molecule has 2 saturated heterocycles. The second-order valence-electron chi connectivity index (χ2n) is 7.15. The Morgan fingerprint density at radius 2 is 1.62 bits per heavy atom. The summed E-state index contributed by atoms with van der Waals surface area (Å²) in [6, 6.07) is 8.68. The topological polar surface area (TPSA) is 27.7 Å². The van der Waals surface area contributed by atoms with Crippen LogP contribution in [0.15, 0.2) is 24.3 Å². The molecule has 0 spiro atoms. The van der Waals surface area contributed by atoms with E-state index in [0.29, 0.717) is 5.92 Å². The van der Waals surface area contributed by atoms with E-state index in [0.717, 1.165) is 31.5 Å². The average molecular weight is 288 g/mol. The molecule has 2 aliphatic rings. The quantitative estimate of drug-likeness (QED) is 0.783. The molecule has 1 aromatic carbocycles. The molecule has 0 bridgehead atoms. The third-order valence-electron chi connectivity index (χ3n) is 5.13. The summed E-state index contributed by atoms with van der Waals surface area (Å²) >= 11 is 0. The lowest BCUT2D eigenvalue weighted by Gasteiger charge is -2.32. The van der Waals surface area contributed by atoms with Gasteiger partial charge in [0.1, 0.15) is 0 Å². The normalized spacial score (nSPS) is 25.2. The van der Waals surface area contributed by atoms with E-state index in [4.69, 9.17) is 14.0 Å². The highest BCUT2D eigenvalue weighted by atomic mass is 16.7. The highest BCUT2D eigenvalue weighted by Gasteiger charge is 2.51. The molecule has 0 radical (unpaired) electrons. The third-order valence-corrected chi connectivity index (χ3v) is 5.13. The van der Waals surface area contributed by atoms with Gasteiger partial charge >= 0.3 is 7.12 Å². The summed E-state index contributed by atoms with van der Waals surface area (Å²) in [5, 5.41) is 0. The third kappa shape index (κ3) is 2.89. The second kappa shape index (κ2) is 5.42. The van der Waals surface area contributed by atoms with Gasteiger partial charge in [-0.3, -0.25) is 0 Å². The molecular formula is C17H25BO3. The molecule has 2 fully saturated rings. The maximum absolute atomic E-state index is 6.15. The number of hydrogen-bond donors (Lipinski definition) is 0. The standard InChI is InChI=1S/C17H25BO3/c1-16(2)17(3,4)21-18(20-16)15-7-5-6-14(12-15)13-8-10-19-11-9-13/h5-7,12-13H,8-11H2,1-4H3. The van der Waals surface area contributed by atoms with E-state index < -0.39 is 0 Å². The summed E-state index contributed by atoms with van der Waals surface area (Å²) in [5.41, 5.74) is 1.93. The first kappa shape index (κ1) is 15.1. The molecule has 0 amide bonds. The Morgan fingerprint density at radius 3 is 2.24 bits per heavy atom. The number of ether oxygens (including phenoxy) is 1. The first-order valence-corrected chi connectivity index (χ1v) is 7.92. The summed E-state index contributed by atoms with van der Waals surface area (Å²) in [6.07, 6.45) is 2.21. The molecule has 2 aliphatic heterocycles. The smallest absolute Gasteiger partial charge is 0.399 e. The van der Waals surface area contributed by atoms with Gasteiger partial charge in [0, 0.05) is 13.2 Å². The van der Waals surface area contributed by atoms with Crippen molar-refractivity contribution < 1.29 is 14.0 Å². The zero-order chi connectivity index (χ0) is 15.1. The number of rotatable bonds is 2. The van der Waals surface area contributed by atoms with Gasteiger partial charge in [-0.25, -0.2) is 0 Å². The molecule has 0 aliphatic carbocycles. The van der Waals surface area contributed by atoms with Gasteiger partial charge in [0.05, 0.1) is 11.2 Å². The van der Waals surface area contributed by atoms with Crippen molar-refractivity contribution in [3.63, 3.8) is 0 Å². The fourth-order valence-corrected chi connectivity index (χ4v) is 2.97. The predicted molar refractivity (Wildman–Crippen MR) is 85.0 cm³/mol. The second-order valence-corrected chi connectivity index (χ2v) is 7.15. The van der Waals surface area contributed by atoms with Crippen LogP contribution in [0.2, 0.25) is 0 Å². The molecule has 4 heteroatoms. The molecule has 0 aromatic heterocycles. The molecule has 114 valence electrons. The van der Waals surface area contributed by atoms with Gasteiger partial charge in [-0.1, -0.05) is 24.3 Å². The lowest BCUT2D eigenvalue weighted by molar-refractivity contribution is 0.00578. The Kier molecular flexibility index (Phi) is 3.89. The van der Waals surface area contributed by atoms with Crippen molar-refractivity contribution in [2.24, 2.45) is 0 Å². The first-order chi connectivity index (χ1) is 9.89. The molecule has 0 atom stereocenters. The maximum atomic E-state index is 6.15. The average Bonchev–Trinajstić information content (AvgIpc) is 2.69. The van der Waals surface area contributed by atoms with Crippen molar-refractivity contribution in [1.82, 2.24) is 0 Å². The summed E-state index contributed by atoms with van der Waals surface area (Å²) in [5.74, 6) is 0.598. The van der Waals surface area contributed by atoms with Crippen LogP contribution >= 0.6 is 0 Å². The Hall–Kier alpha value is -0.835. The molecule has 0 N–H and O–H groups in total. The van der Waals surface area contributed by atoms with Crippen LogP contribution in [-0.4, -0.2) is 31.5 Å². The minimum atomic E-state index is -0.285. The molecule has 2 heterocycles.